The van der Waals surface area contributed by atoms with Crippen LogP contribution in [-0.2, 0) is 0 Å². The summed E-state index contributed by atoms with van der Waals surface area (Å²) >= 11 is 0. The van der Waals surface area contributed by atoms with E-state index in [9.17, 15) is 0 Å². The van der Waals surface area contributed by atoms with Crippen molar-refractivity contribution in [3.8, 4) is 5.75 Å². The third-order valence-corrected chi connectivity index (χ3v) is 4.14. The lowest BCUT2D eigenvalue weighted by molar-refractivity contribution is 0.310. The van der Waals surface area contributed by atoms with Crippen molar-refractivity contribution in [1.29, 1.82) is 0 Å². The third-order valence-electron chi connectivity index (χ3n) is 4.14. The first-order chi connectivity index (χ1) is 10.3. The highest BCUT2D eigenvalue weighted by Crippen LogP contribution is 2.32. The van der Waals surface area contributed by atoms with Crippen molar-refractivity contribution in [2.24, 2.45) is 0 Å². The van der Waals surface area contributed by atoms with Crippen LogP contribution in [0.25, 0.3) is 0 Å². The summed E-state index contributed by atoms with van der Waals surface area (Å²) < 4.78 is 5.90. The number of likely N-dealkylation sites (N-methyl/N-ethyl adjacent to an activating group) is 1. The SMILES string of the molecule is CCCOc1cccnc1N1CCCCC1C(C)NCC. The summed E-state index contributed by atoms with van der Waals surface area (Å²) in [6.07, 6.45) is 6.65. The molecule has 1 aromatic rings. The van der Waals surface area contributed by atoms with Crippen molar-refractivity contribution in [1.82, 2.24) is 10.3 Å². The van der Waals surface area contributed by atoms with Crippen LogP contribution in [0.3, 0.4) is 0 Å². The maximum Gasteiger partial charge on any atom is 0.171 e. The number of anilines is 1. The molecule has 1 N–H and O–H groups in total. The van der Waals surface area contributed by atoms with Gasteiger partial charge in [0.1, 0.15) is 0 Å². The quantitative estimate of drug-likeness (QED) is 0.837. The Kier molecular flexibility index (Phi) is 6.30. The lowest BCUT2D eigenvalue weighted by atomic mass is 9.96. The second-order valence-corrected chi connectivity index (χ2v) is 5.78. The molecular weight excluding hydrogens is 262 g/mol. The van der Waals surface area contributed by atoms with Crippen LogP contribution in [0.1, 0.15) is 46.5 Å². The van der Waals surface area contributed by atoms with E-state index in [0.29, 0.717) is 12.1 Å². The zero-order chi connectivity index (χ0) is 15.1. The Morgan fingerprint density at radius 3 is 3.05 bits per heavy atom. The first-order valence-corrected chi connectivity index (χ1v) is 8.35. The molecule has 4 nitrogen and oxygen atoms in total. The minimum Gasteiger partial charge on any atom is -0.490 e. The van der Waals surface area contributed by atoms with E-state index in [2.05, 4.69) is 36.0 Å². The van der Waals surface area contributed by atoms with E-state index >= 15 is 0 Å². The van der Waals surface area contributed by atoms with Gasteiger partial charge in [0.2, 0.25) is 0 Å². The van der Waals surface area contributed by atoms with Gasteiger partial charge < -0.3 is 15.0 Å². The highest BCUT2D eigenvalue weighted by molar-refractivity contribution is 5.53. The Balaban J connectivity index is 2.20. The number of nitrogens with zero attached hydrogens (tertiary/aromatic N) is 2. The topological polar surface area (TPSA) is 37.4 Å². The van der Waals surface area contributed by atoms with E-state index in [0.717, 1.165) is 37.7 Å². The minimum atomic E-state index is 0.469. The van der Waals surface area contributed by atoms with Gasteiger partial charge in [-0.2, -0.15) is 0 Å². The fourth-order valence-corrected chi connectivity index (χ4v) is 3.12. The van der Waals surface area contributed by atoms with E-state index in [-0.39, 0.29) is 0 Å². The van der Waals surface area contributed by atoms with Gasteiger partial charge in [0.15, 0.2) is 11.6 Å². The van der Waals surface area contributed by atoms with Gasteiger partial charge >= 0.3 is 0 Å². The molecule has 21 heavy (non-hydrogen) atoms. The molecule has 2 rings (SSSR count). The van der Waals surface area contributed by atoms with E-state index in [4.69, 9.17) is 4.74 Å². The van der Waals surface area contributed by atoms with Gasteiger partial charge in [0, 0.05) is 24.8 Å². The number of pyridine rings is 1. The highest BCUT2D eigenvalue weighted by atomic mass is 16.5. The van der Waals surface area contributed by atoms with Gasteiger partial charge in [-0.1, -0.05) is 13.8 Å². The normalized spacial score (nSPS) is 20.3. The predicted octanol–water partition coefficient (Wildman–Crippen LogP) is 3.23. The summed E-state index contributed by atoms with van der Waals surface area (Å²) in [5.41, 5.74) is 0. The molecule has 1 aromatic heterocycles. The van der Waals surface area contributed by atoms with E-state index < -0.39 is 0 Å². The number of piperidine rings is 1. The fourth-order valence-electron chi connectivity index (χ4n) is 3.12. The number of nitrogens with one attached hydrogen (secondary N) is 1. The molecule has 0 aromatic carbocycles. The summed E-state index contributed by atoms with van der Waals surface area (Å²) in [5, 5.41) is 3.57. The minimum absolute atomic E-state index is 0.469. The van der Waals surface area contributed by atoms with Gasteiger partial charge in [-0.3, -0.25) is 0 Å². The summed E-state index contributed by atoms with van der Waals surface area (Å²) in [5.74, 6) is 1.94. The van der Waals surface area contributed by atoms with E-state index in [1.807, 2.05) is 18.3 Å². The number of rotatable bonds is 7. The largest absolute Gasteiger partial charge is 0.490 e. The maximum atomic E-state index is 5.90. The van der Waals surface area contributed by atoms with Gasteiger partial charge in [-0.15, -0.1) is 0 Å². The van der Waals surface area contributed by atoms with Crippen LogP contribution in [0, 0.1) is 0 Å². The standard InChI is InChI=1S/C17H29N3O/c1-4-13-21-16-10-8-11-19-17(16)20-12-7-6-9-15(20)14(3)18-5-2/h8,10-11,14-15,18H,4-7,9,12-13H2,1-3H3. The monoisotopic (exact) mass is 291 g/mol. The van der Waals surface area contributed by atoms with Crippen LogP contribution >= 0.6 is 0 Å². The first-order valence-electron chi connectivity index (χ1n) is 8.35. The molecule has 2 atom stereocenters. The lowest BCUT2D eigenvalue weighted by Crippen LogP contribution is -2.51. The second-order valence-electron chi connectivity index (χ2n) is 5.78. The van der Waals surface area contributed by atoms with Crippen molar-refractivity contribution in [2.45, 2.75) is 58.5 Å². The number of hydrogen-bond donors (Lipinski definition) is 1. The van der Waals surface area contributed by atoms with Crippen molar-refractivity contribution >= 4 is 5.82 Å². The number of ether oxygens (including phenoxy) is 1. The van der Waals surface area contributed by atoms with E-state index in [1.165, 1.54) is 19.3 Å². The van der Waals surface area contributed by atoms with E-state index in [1.54, 1.807) is 0 Å². The summed E-state index contributed by atoms with van der Waals surface area (Å²) in [6, 6.07) is 4.97. The molecule has 0 saturated carbocycles. The first kappa shape index (κ1) is 16.1. The van der Waals surface area contributed by atoms with Gasteiger partial charge in [-0.25, -0.2) is 4.98 Å². The average molecular weight is 291 g/mol. The molecule has 118 valence electrons. The molecule has 0 radical (unpaired) electrons. The zero-order valence-electron chi connectivity index (χ0n) is 13.6. The summed E-state index contributed by atoms with van der Waals surface area (Å²) in [4.78, 5) is 7.07. The smallest absolute Gasteiger partial charge is 0.171 e. The Labute approximate surface area is 128 Å². The maximum absolute atomic E-state index is 5.90. The molecule has 0 amide bonds. The van der Waals surface area contributed by atoms with Gasteiger partial charge in [0.25, 0.3) is 0 Å². The zero-order valence-corrected chi connectivity index (χ0v) is 13.6. The predicted molar refractivity (Wildman–Crippen MR) is 88.1 cm³/mol. The van der Waals surface area contributed by atoms with Gasteiger partial charge in [-0.05, 0) is 51.3 Å². The Bertz CT molecular complexity index is 424. The molecule has 1 fully saturated rings. The molecule has 0 aliphatic carbocycles. The third kappa shape index (κ3) is 4.10. The van der Waals surface area contributed by atoms with Crippen LogP contribution in [-0.4, -0.2) is 36.8 Å². The van der Waals surface area contributed by atoms with Crippen LogP contribution in [0.5, 0.6) is 5.75 Å². The molecule has 1 aliphatic rings. The molecule has 1 aliphatic heterocycles. The van der Waals surface area contributed by atoms with Crippen LogP contribution in [0.2, 0.25) is 0 Å². The van der Waals surface area contributed by atoms with Crippen LogP contribution in [0.15, 0.2) is 18.3 Å². The van der Waals surface area contributed by atoms with Crippen molar-refractivity contribution < 1.29 is 4.74 Å². The van der Waals surface area contributed by atoms with Gasteiger partial charge in [0.05, 0.1) is 6.61 Å². The number of aromatic nitrogens is 1. The van der Waals surface area contributed by atoms with Crippen molar-refractivity contribution in [2.75, 3.05) is 24.6 Å². The Morgan fingerprint density at radius 2 is 2.29 bits per heavy atom. The molecule has 1 saturated heterocycles. The van der Waals surface area contributed by atoms with Crippen molar-refractivity contribution in [3.63, 3.8) is 0 Å². The molecule has 0 spiro atoms. The lowest BCUT2D eigenvalue weighted by Gasteiger charge is -2.40. The van der Waals surface area contributed by atoms with Crippen LogP contribution < -0.4 is 15.0 Å². The van der Waals surface area contributed by atoms with Crippen LogP contribution in [0.4, 0.5) is 5.82 Å². The summed E-state index contributed by atoms with van der Waals surface area (Å²) in [7, 11) is 0. The molecule has 2 heterocycles. The highest BCUT2D eigenvalue weighted by Gasteiger charge is 2.29. The second kappa shape index (κ2) is 8.23. The molecule has 2 unspecified atom stereocenters. The Morgan fingerprint density at radius 1 is 1.43 bits per heavy atom. The molecular formula is C17H29N3O. The number of hydrogen-bond acceptors (Lipinski definition) is 4. The Hall–Kier alpha value is -1.29. The fraction of sp³-hybridized carbons (Fsp3) is 0.706. The summed E-state index contributed by atoms with van der Waals surface area (Å²) in [6.45, 7) is 9.40. The average Bonchev–Trinajstić information content (AvgIpc) is 2.53. The van der Waals surface area contributed by atoms with Crippen molar-refractivity contribution in [3.05, 3.63) is 18.3 Å². The molecule has 0 bridgehead atoms. The molecule has 4 heteroatoms.